The van der Waals surface area contributed by atoms with E-state index in [2.05, 4.69) is 25.6 Å². The fourth-order valence-electron chi connectivity index (χ4n) is 3.86. The molecule has 1 saturated carbocycles. The van der Waals surface area contributed by atoms with Crippen LogP contribution in [0.4, 0.5) is 5.95 Å². The molecule has 1 aliphatic carbocycles. The number of hydrogen-bond acceptors (Lipinski definition) is 7. The van der Waals surface area contributed by atoms with Crippen LogP contribution in [0, 0.1) is 5.92 Å². The fraction of sp³-hybridized carbons (Fsp3) is 0.320. The van der Waals surface area contributed by atoms with Crippen LogP contribution in [0.2, 0.25) is 0 Å². The summed E-state index contributed by atoms with van der Waals surface area (Å²) >= 11 is 0. The van der Waals surface area contributed by atoms with Gasteiger partial charge in [0, 0.05) is 37.8 Å². The SMILES string of the molecule is CC(=O)NC1N=CC=C(Oc2ccc3nc(-c4cnc(NC5CC5)n(C)c4=O)ccc3c2)C1C. The Morgan fingerprint density at radius 1 is 1.21 bits per heavy atom. The van der Waals surface area contributed by atoms with Crippen molar-refractivity contribution in [2.75, 3.05) is 5.32 Å². The van der Waals surface area contributed by atoms with Crippen molar-refractivity contribution >= 4 is 29.0 Å². The summed E-state index contributed by atoms with van der Waals surface area (Å²) in [6, 6.07) is 9.75. The number of aromatic nitrogens is 3. The highest BCUT2D eigenvalue weighted by Crippen LogP contribution is 2.28. The minimum Gasteiger partial charge on any atom is -0.461 e. The van der Waals surface area contributed by atoms with Crippen molar-refractivity contribution in [2.45, 2.75) is 38.9 Å². The summed E-state index contributed by atoms with van der Waals surface area (Å²) in [4.78, 5) is 37.8. The standard InChI is InChI=1S/C25H26N6O3/c1-14-22(10-11-26-23(14)28-15(2)32)34-18-7-9-20-16(12-18)4-8-21(30-20)19-13-27-25(29-17-5-6-17)31(3)24(19)33/h4,7-14,17,23H,5-6H2,1-3H3,(H,27,29)(H,28,32). The zero-order valence-electron chi connectivity index (χ0n) is 19.3. The van der Waals surface area contributed by atoms with Gasteiger partial charge in [0.25, 0.3) is 5.56 Å². The first-order valence-corrected chi connectivity index (χ1v) is 11.3. The minimum atomic E-state index is -0.357. The summed E-state index contributed by atoms with van der Waals surface area (Å²) in [6.45, 7) is 3.43. The van der Waals surface area contributed by atoms with Crippen molar-refractivity contribution in [3.63, 3.8) is 0 Å². The monoisotopic (exact) mass is 458 g/mol. The third-order valence-electron chi connectivity index (χ3n) is 6.01. The number of rotatable bonds is 6. The zero-order valence-corrected chi connectivity index (χ0v) is 19.3. The highest BCUT2D eigenvalue weighted by molar-refractivity contribution is 5.83. The molecule has 0 radical (unpaired) electrons. The van der Waals surface area contributed by atoms with Gasteiger partial charge in [0.2, 0.25) is 11.9 Å². The summed E-state index contributed by atoms with van der Waals surface area (Å²) < 4.78 is 7.64. The van der Waals surface area contributed by atoms with Crippen LogP contribution in [0.15, 0.2) is 58.2 Å². The van der Waals surface area contributed by atoms with Crippen LogP contribution in [0.5, 0.6) is 5.75 Å². The van der Waals surface area contributed by atoms with E-state index >= 15 is 0 Å². The van der Waals surface area contributed by atoms with Crippen LogP contribution in [-0.4, -0.2) is 38.9 Å². The van der Waals surface area contributed by atoms with E-state index in [9.17, 15) is 9.59 Å². The molecule has 34 heavy (non-hydrogen) atoms. The lowest BCUT2D eigenvalue weighted by Crippen LogP contribution is -2.39. The quantitative estimate of drug-likeness (QED) is 0.588. The van der Waals surface area contributed by atoms with Crippen molar-refractivity contribution in [1.29, 1.82) is 0 Å². The number of carbonyl (C=O) groups is 1. The average Bonchev–Trinajstić information content (AvgIpc) is 3.63. The van der Waals surface area contributed by atoms with Crippen LogP contribution in [0.25, 0.3) is 22.2 Å². The van der Waals surface area contributed by atoms with Crippen LogP contribution in [0.1, 0.15) is 26.7 Å². The van der Waals surface area contributed by atoms with Gasteiger partial charge in [-0.25, -0.2) is 9.97 Å². The van der Waals surface area contributed by atoms with Crippen molar-refractivity contribution < 1.29 is 9.53 Å². The Balaban J connectivity index is 1.38. The molecule has 1 aliphatic heterocycles. The summed E-state index contributed by atoms with van der Waals surface area (Å²) in [6.07, 6.45) is 6.89. The number of anilines is 1. The van der Waals surface area contributed by atoms with Crippen LogP contribution in [0.3, 0.4) is 0 Å². The maximum atomic E-state index is 12.9. The van der Waals surface area contributed by atoms with E-state index in [4.69, 9.17) is 4.74 Å². The number of carbonyl (C=O) groups excluding carboxylic acids is 1. The first kappa shape index (κ1) is 21.8. The molecule has 3 aromatic rings. The molecule has 1 aromatic carbocycles. The molecular weight excluding hydrogens is 432 g/mol. The first-order chi connectivity index (χ1) is 16.4. The Morgan fingerprint density at radius 3 is 2.79 bits per heavy atom. The number of pyridine rings is 1. The van der Waals surface area contributed by atoms with Crippen molar-refractivity contribution in [2.24, 2.45) is 18.0 Å². The van der Waals surface area contributed by atoms with Crippen LogP contribution >= 0.6 is 0 Å². The summed E-state index contributed by atoms with van der Waals surface area (Å²) in [5.74, 6) is 1.71. The van der Waals surface area contributed by atoms with Gasteiger partial charge in [0.1, 0.15) is 17.7 Å². The molecule has 2 atom stereocenters. The van der Waals surface area contributed by atoms with E-state index in [0.717, 1.165) is 23.7 Å². The second-order valence-corrected chi connectivity index (χ2v) is 8.73. The number of nitrogens with zero attached hydrogens (tertiary/aromatic N) is 4. The molecule has 174 valence electrons. The molecule has 0 bridgehead atoms. The number of aliphatic imine (C=N–C) groups is 1. The fourth-order valence-corrected chi connectivity index (χ4v) is 3.86. The van der Waals surface area contributed by atoms with Crippen molar-refractivity contribution in [3.05, 3.63) is 58.7 Å². The number of nitrogens with one attached hydrogen (secondary N) is 2. The first-order valence-electron chi connectivity index (χ1n) is 11.3. The topological polar surface area (TPSA) is 110 Å². The summed E-state index contributed by atoms with van der Waals surface area (Å²) in [7, 11) is 1.72. The van der Waals surface area contributed by atoms with Gasteiger partial charge in [-0.05, 0) is 43.2 Å². The normalized spacial score (nSPS) is 19.6. The smallest absolute Gasteiger partial charge is 0.264 e. The molecule has 1 amide bonds. The second-order valence-electron chi connectivity index (χ2n) is 8.73. The lowest BCUT2D eigenvalue weighted by molar-refractivity contribution is -0.119. The maximum absolute atomic E-state index is 12.9. The third-order valence-corrected chi connectivity index (χ3v) is 6.01. The van der Waals surface area contributed by atoms with Gasteiger partial charge in [-0.3, -0.25) is 19.1 Å². The van der Waals surface area contributed by atoms with Crippen LogP contribution < -0.4 is 20.9 Å². The van der Waals surface area contributed by atoms with E-state index in [1.807, 2.05) is 37.3 Å². The zero-order chi connectivity index (χ0) is 23.8. The predicted octanol–water partition coefficient (Wildman–Crippen LogP) is 3.02. The van der Waals surface area contributed by atoms with E-state index < -0.39 is 0 Å². The number of fused-ring (bicyclic) bond motifs is 1. The number of dihydropyridines is 1. The number of ether oxygens (including phenoxy) is 1. The minimum absolute atomic E-state index is 0.105. The van der Waals surface area contributed by atoms with E-state index in [0.29, 0.717) is 34.8 Å². The predicted molar refractivity (Wildman–Crippen MR) is 131 cm³/mol. The van der Waals surface area contributed by atoms with E-state index in [1.165, 1.54) is 11.5 Å². The van der Waals surface area contributed by atoms with E-state index in [-0.39, 0.29) is 23.6 Å². The van der Waals surface area contributed by atoms with Gasteiger partial charge in [0.05, 0.1) is 22.7 Å². The molecule has 2 aromatic heterocycles. The van der Waals surface area contributed by atoms with Gasteiger partial charge >= 0.3 is 0 Å². The highest BCUT2D eigenvalue weighted by atomic mass is 16.5. The molecule has 9 heteroatoms. The highest BCUT2D eigenvalue weighted by Gasteiger charge is 2.25. The van der Waals surface area contributed by atoms with E-state index in [1.54, 1.807) is 25.5 Å². The Labute approximate surface area is 196 Å². The molecule has 0 saturated heterocycles. The number of benzene rings is 1. The van der Waals surface area contributed by atoms with Crippen molar-refractivity contribution in [1.82, 2.24) is 19.9 Å². The second kappa shape index (κ2) is 8.74. The average molecular weight is 459 g/mol. The number of amides is 1. The molecule has 2 aliphatic rings. The molecular formula is C25H26N6O3. The summed E-state index contributed by atoms with van der Waals surface area (Å²) in [5.41, 5.74) is 1.63. The molecule has 9 nitrogen and oxygen atoms in total. The van der Waals surface area contributed by atoms with Gasteiger partial charge in [-0.2, -0.15) is 0 Å². The number of allylic oxidation sites excluding steroid dienone is 1. The van der Waals surface area contributed by atoms with Gasteiger partial charge in [-0.1, -0.05) is 13.0 Å². The number of hydrogen-bond donors (Lipinski definition) is 2. The Bertz CT molecular complexity index is 1390. The van der Waals surface area contributed by atoms with Gasteiger partial charge < -0.3 is 15.4 Å². The molecule has 2 unspecified atom stereocenters. The molecule has 2 N–H and O–H groups in total. The van der Waals surface area contributed by atoms with Crippen LogP contribution in [-0.2, 0) is 11.8 Å². The Kier molecular flexibility index (Phi) is 5.61. The van der Waals surface area contributed by atoms with Crippen molar-refractivity contribution in [3.8, 4) is 17.0 Å². The summed E-state index contributed by atoms with van der Waals surface area (Å²) in [5, 5.41) is 6.97. The van der Waals surface area contributed by atoms with Gasteiger partial charge in [-0.15, -0.1) is 0 Å². The maximum Gasteiger partial charge on any atom is 0.264 e. The lowest BCUT2D eigenvalue weighted by Gasteiger charge is -2.26. The molecule has 1 fully saturated rings. The molecule has 3 heterocycles. The lowest BCUT2D eigenvalue weighted by atomic mass is 10.0. The van der Waals surface area contributed by atoms with Gasteiger partial charge in [0.15, 0.2) is 0 Å². The third kappa shape index (κ3) is 4.41. The largest absolute Gasteiger partial charge is 0.461 e. The Hall–Kier alpha value is -4.01. The molecule has 5 rings (SSSR count). The molecule has 0 spiro atoms. The Morgan fingerprint density at radius 2 is 2.03 bits per heavy atom.